The highest BCUT2D eigenvalue weighted by atomic mass is 32.2. The molecule has 0 spiro atoms. The lowest BCUT2D eigenvalue weighted by Crippen LogP contribution is -2.41. The van der Waals surface area contributed by atoms with Gasteiger partial charge in [-0.2, -0.15) is 0 Å². The first-order valence-corrected chi connectivity index (χ1v) is 8.72. The lowest BCUT2D eigenvalue weighted by atomic mass is 9.78. The van der Waals surface area contributed by atoms with Crippen molar-refractivity contribution in [3.8, 4) is 0 Å². The molecule has 4 nitrogen and oxygen atoms in total. The number of hydrogen-bond acceptors (Lipinski definition) is 4. The van der Waals surface area contributed by atoms with Crippen LogP contribution in [0.5, 0.6) is 0 Å². The topological polar surface area (TPSA) is 52.6 Å². The highest BCUT2D eigenvalue weighted by Crippen LogP contribution is 2.37. The van der Waals surface area contributed by atoms with E-state index in [1.807, 2.05) is 27.7 Å². The molecule has 8 heteroatoms. The van der Waals surface area contributed by atoms with Crippen molar-refractivity contribution in [2.45, 2.75) is 50.2 Å². The molecule has 0 unspecified atom stereocenters. The molecule has 0 atom stereocenters. The van der Waals surface area contributed by atoms with Crippen LogP contribution in [0.4, 0.5) is 8.78 Å². The van der Waals surface area contributed by atoms with Crippen LogP contribution < -0.4 is 5.46 Å². The van der Waals surface area contributed by atoms with E-state index in [1.54, 1.807) is 0 Å². The van der Waals surface area contributed by atoms with Crippen molar-refractivity contribution in [2.75, 3.05) is 6.26 Å². The van der Waals surface area contributed by atoms with Crippen molar-refractivity contribution in [1.29, 1.82) is 0 Å². The minimum atomic E-state index is -3.73. The largest absolute Gasteiger partial charge is 0.494 e. The molecule has 2 rings (SSSR count). The summed E-state index contributed by atoms with van der Waals surface area (Å²) in [6.07, 6.45) is -1.99. The summed E-state index contributed by atoms with van der Waals surface area (Å²) in [5.41, 5.74) is -1.35. The maximum Gasteiger partial charge on any atom is 0.494 e. The summed E-state index contributed by atoms with van der Waals surface area (Å²) in [6, 6.07) is 3.77. The summed E-state index contributed by atoms with van der Waals surface area (Å²) in [7, 11) is -4.54. The Bertz CT molecular complexity index is 670. The van der Waals surface area contributed by atoms with Gasteiger partial charge in [0.2, 0.25) is 0 Å². The Labute approximate surface area is 129 Å². The third-order valence-electron chi connectivity index (χ3n) is 4.19. The Hall–Kier alpha value is -0.985. The smallest absolute Gasteiger partial charge is 0.399 e. The zero-order valence-electron chi connectivity index (χ0n) is 13.2. The van der Waals surface area contributed by atoms with Crippen LogP contribution >= 0.6 is 0 Å². The van der Waals surface area contributed by atoms with Gasteiger partial charge in [0.05, 0.1) is 16.1 Å². The molecular weight excluding hydrogens is 313 g/mol. The lowest BCUT2D eigenvalue weighted by Gasteiger charge is -2.32. The molecular formula is C14H19BF2O4S. The van der Waals surface area contributed by atoms with Gasteiger partial charge in [0.1, 0.15) is 0 Å². The molecule has 0 bridgehead atoms. The highest BCUT2D eigenvalue weighted by Gasteiger charge is 2.51. The van der Waals surface area contributed by atoms with Gasteiger partial charge in [0.15, 0.2) is 9.84 Å². The molecule has 1 aliphatic heterocycles. The Morgan fingerprint density at radius 1 is 1.09 bits per heavy atom. The second-order valence-electron chi connectivity index (χ2n) is 6.46. The molecule has 0 radical (unpaired) electrons. The Kier molecular flexibility index (Phi) is 4.17. The van der Waals surface area contributed by atoms with Gasteiger partial charge in [-0.15, -0.1) is 0 Å². The zero-order valence-corrected chi connectivity index (χ0v) is 14.0. The molecule has 0 aliphatic carbocycles. The second-order valence-corrected chi connectivity index (χ2v) is 8.44. The predicted molar refractivity (Wildman–Crippen MR) is 80.2 cm³/mol. The molecule has 1 aliphatic rings. The van der Waals surface area contributed by atoms with E-state index in [4.69, 9.17) is 9.31 Å². The molecule has 0 amide bonds. The van der Waals surface area contributed by atoms with E-state index in [0.717, 1.165) is 12.3 Å². The maximum absolute atomic E-state index is 13.2. The highest BCUT2D eigenvalue weighted by molar-refractivity contribution is 7.90. The maximum atomic E-state index is 13.2. The van der Waals surface area contributed by atoms with E-state index >= 15 is 0 Å². The van der Waals surface area contributed by atoms with Gasteiger partial charge in [0, 0.05) is 11.8 Å². The first-order chi connectivity index (χ1) is 9.85. The van der Waals surface area contributed by atoms with Gasteiger partial charge in [0.25, 0.3) is 6.43 Å². The average molecular weight is 332 g/mol. The van der Waals surface area contributed by atoms with E-state index in [1.165, 1.54) is 12.1 Å². The summed E-state index contributed by atoms with van der Waals surface area (Å²) in [6.45, 7) is 7.41. The third-order valence-corrected chi connectivity index (χ3v) is 5.36. The lowest BCUT2D eigenvalue weighted by molar-refractivity contribution is 0.00578. The standard InChI is InChI=1S/C14H19BF2O4S/c1-13(2)14(3,4)21-15(20-13)9-6-7-11(22(5,18)19)10(8-9)12(16)17/h6-8,12H,1-5H3. The Morgan fingerprint density at radius 2 is 1.59 bits per heavy atom. The quantitative estimate of drug-likeness (QED) is 0.797. The SMILES string of the molecule is CC1(C)OB(c2ccc(S(C)(=O)=O)c(C(F)F)c2)OC1(C)C. The van der Waals surface area contributed by atoms with Crippen LogP contribution in [0.25, 0.3) is 0 Å². The van der Waals surface area contributed by atoms with Gasteiger partial charge in [-0.1, -0.05) is 12.1 Å². The van der Waals surface area contributed by atoms with Crippen LogP contribution in [-0.2, 0) is 19.1 Å². The first kappa shape index (κ1) is 17.4. The van der Waals surface area contributed by atoms with Crippen molar-refractivity contribution in [2.24, 2.45) is 0 Å². The van der Waals surface area contributed by atoms with Crippen LogP contribution in [0.1, 0.15) is 39.7 Å². The van der Waals surface area contributed by atoms with Gasteiger partial charge >= 0.3 is 7.12 Å². The normalized spacial score (nSPS) is 20.6. The van der Waals surface area contributed by atoms with Crippen LogP contribution in [0.3, 0.4) is 0 Å². The second kappa shape index (κ2) is 5.28. The number of halogens is 2. The van der Waals surface area contributed by atoms with Gasteiger partial charge in [-0.3, -0.25) is 0 Å². The minimum absolute atomic E-state index is 0.372. The molecule has 1 aromatic rings. The fraction of sp³-hybridized carbons (Fsp3) is 0.571. The summed E-state index contributed by atoms with van der Waals surface area (Å²) >= 11 is 0. The van der Waals surface area contributed by atoms with Crippen molar-refractivity contribution >= 4 is 22.4 Å². The fourth-order valence-electron chi connectivity index (χ4n) is 2.20. The molecule has 1 saturated heterocycles. The van der Waals surface area contributed by atoms with E-state index in [9.17, 15) is 17.2 Å². The minimum Gasteiger partial charge on any atom is -0.399 e. The van der Waals surface area contributed by atoms with Crippen LogP contribution in [0.15, 0.2) is 23.1 Å². The number of alkyl halides is 2. The zero-order chi connectivity index (χ0) is 16.9. The monoisotopic (exact) mass is 332 g/mol. The van der Waals surface area contributed by atoms with Gasteiger partial charge in [-0.25, -0.2) is 17.2 Å². The van der Waals surface area contributed by atoms with Crippen LogP contribution in [-0.4, -0.2) is 33.0 Å². The van der Waals surface area contributed by atoms with Crippen LogP contribution in [0.2, 0.25) is 0 Å². The van der Waals surface area contributed by atoms with Gasteiger partial charge in [-0.05, 0) is 39.2 Å². The molecule has 1 fully saturated rings. The molecule has 0 aromatic heterocycles. The Balaban J connectivity index is 2.46. The van der Waals surface area contributed by atoms with Crippen LogP contribution in [0, 0.1) is 0 Å². The predicted octanol–water partition coefficient (Wildman–Crippen LogP) is 2.33. The van der Waals surface area contributed by atoms with E-state index in [0.29, 0.717) is 5.46 Å². The summed E-state index contributed by atoms with van der Waals surface area (Å²) in [5.74, 6) is 0. The van der Waals surface area contributed by atoms with Crippen molar-refractivity contribution in [1.82, 2.24) is 0 Å². The van der Waals surface area contributed by atoms with E-state index in [2.05, 4.69) is 0 Å². The molecule has 122 valence electrons. The number of sulfone groups is 1. The molecule has 0 N–H and O–H groups in total. The van der Waals surface area contributed by atoms with Crippen molar-refractivity contribution in [3.63, 3.8) is 0 Å². The molecule has 1 aromatic carbocycles. The molecule has 0 saturated carbocycles. The summed E-state index contributed by atoms with van der Waals surface area (Å²) in [4.78, 5) is -0.372. The third kappa shape index (κ3) is 3.05. The number of hydrogen-bond donors (Lipinski definition) is 0. The van der Waals surface area contributed by atoms with E-state index < -0.39 is 40.1 Å². The van der Waals surface area contributed by atoms with E-state index in [-0.39, 0.29) is 4.90 Å². The first-order valence-electron chi connectivity index (χ1n) is 6.83. The Morgan fingerprint density at radius 3 is 2.00 bits per heavy atom. The molecule has 22 heavy (non-hydrogen) atoms. The van der Waals surface area contributed by atoms with Gasteiger partial charge < -0.3 is 9.31 Å². The fourth-order valence-corrected chi connectivity index (χ4v) is 3.09. The summed E-state index contributed by atoms with van der Waals surface area (Å²) < 4.78 is 61.2. The average Bonchev–Trinajstić information content (AvgIpc) is 2.56. The summed E-state index contributed by atoms with van der Waals surface area (Å²) in [5, 5.41) is 0. The van der Waals surface area contributed by atoms with Crippen molar-refractivity contribution in [3.05, 3.63) is 23.8 Å². The number of benzene rings is 1. The molecule has 1 heterocycles. The van der Waals surface area contributed by atoms with Crippen molar-refractivity contribution < 1.29 is 26.5 Å². The number of rotatable bonds is 3.